The summed E-state index contributed by atoms with van der Waals surface area (Å²) < 4.78 is 0.684. The summed E-state index contributed by atoms with van der Waals surface area (Å²) >= 11 is 1.99. The van der Waals surface area contributed by atoms with E-state index in [1.165, 1.54) is 6.07 Å². The highest BCUT2D eigenvalue weighted by atomic mass is 127. The summed E-state index contributed by atoms with van der Waals surface area (Å²) in [5, 5.41) is 10.6. The summed E-state index contributed by atoms with van der Waals surface area (Å²) in [6, 6.07) is 5.05. The smallest absolute Gasteiger partial charge is 0.258 e. The lowest BCUT2D eigenvalue weighted by Crippen LogP contribution is -1.92. The molecule has 0 aliphatic rings. The van der Waals surface area contributed by atoms with Crippen LogP contribution in [0, 0.1) is 13.7 Å². The summed E-state index contributed by atoms with van der Waals surface area (Å²) in [5.41, 5.74) is 1.05. The molecule has 0 amide bonds. The second kappa shape index (κ2) is 4.36. The molecule has 1 aromatic rings. The predicted octanol–water partition coefficient (Wildman–Crippen LogP) is 3.23. The molecule has 0 unspecified atom stereocenters. The molecule has 0 aliphatic heterocycles. The minimum Gasteiger partial charge on any atom is -0.258 e. The number of nitro benzene ring substituents is 1. The molecular formula is C9H8INO2. The van der Waals surface area contributed by atoms with Gasteiger partial charge in [0.25, 0.3) is 5.69 Å². The van der Waals surface area contributed by atoms with Crippen molar-refractivity contribution in [3.8, 4) is 0 Å². The highest BCUT2D eigenvalue weighted by Crippen LogP contribution is 2.24. The maximum atomic E-state index is 10.6. The van der Waals surface area contributed by atoms with Crippen molar-refractivity contribution in [1.29, 1.82) is 0 Å². The van der Waals surface area contributed by atoms with Crippen molar-refractivity contribution in [1.82, 2.24) is 0 Å². The zero-order chi connectivity index (χ0) is 9.84. The minimum absolute atomic E-state index is 0.163. The van der Waals surface area contributed by atoms with Crippen LogP contribution in [0.5, 0.6) is 0 Å². The van der Waals surface area contributed by atoms with Crippen LogP contribution >= 0.6 is 22.6 Å². The quantitative estimate of drug-likeness (QED) is 0.476. The van der Waals surface area contributed by atoms with Crippen LogP contribution in [0.15, 0.2) is 24.3 Å². The van der Waals surface area contributed by atoms with Crippen molar-refractivity contribution in [2.75, 3.05) is 0 Å². The second-order valence-electron chi connectivity index (χ2n) is 2.44. The van der Waals surface area contributed by atoms with Gasteiger partial charge >= 0.3 is 0 Å². The van der Waals surface area contributed by atoms with Crippen molar-refractivity contribution >= 4 is 34.4 Å². The van der Waals surface area contributed by atoms with Gasteiger partial charge in [-0.1, -0.05) is 24.3 Å². The van der Waals surface area contributed by atoms with Crippen molar-refractivity contribution in [3.63, 3.8) is 0 Å². The van der Waals surface area contributed by atoms with E-state index < -0.39 is 0 Å². The van der Waals surface area contributed by atoms with Gasteiger partial charge < -0.3 is 0 Å². The fraction of sp³-hybridized carbons (Fsp3) is 0.111. The number of nitrogens with zero attached hydrogens (tertiary/aromatic N) is 1. The molecule has 0 spiro atoms. The monoisotopic (exact) mass is 289 g/mol. The molecule has 1 rings (SSSR count). The Balaban J connectivity index is 3.26. The zero-order valence-corrected chi connectivity index (χ0v) is 9.19. The largest absolute Gasteiger partial charge is 0.283 e. The number of hydrogen-bond donors (Lipinski definition) is 0. The average Bonchev–Trinajstić information content (AvgIpc) is 2.08. The van der Waals surface area contributed by atoms with Crippen molar-refractivity contribution in [2.24, 2.45) is 0 Å². The van der Waals surface area contributed by atoms with Gasteiger partial charge in [0.15, 0.2) is 0 Å². The van der Waals surface area contributed by atoms with Crippen LogP contribution in [0.3, 0.4) is 0 Å². The molecule has 0 saturated heterocycles. The van der Waals surface area contributed by atoms with Crippen LogP contribution in [0.4, 0.5) is 5.69 Å². The van der Waals surface area contributed by atoms with E-state index in [0.717, 1.165) is 5.56 Å². The first-order valence-electron chi connectivity index (χ1n) is 3.72. The Kier molecular flexibility index (Phi) is 3.41. The van der Waals surface area contributed by atoms with Crippen LogP contribution in [0.1, 0.15) is 12.5 Å². The fourth-order valence-electron chi connectivity index (χ4n) is 0.986. The molecule has 0 saturated carbocycles. The summed E-state index contributed by atoms with van der Waals surface area (Å²) in [7, 11) is 0. The number of nitro groups is 1. The van der Waals surface area contributed by atoms with Gasteiger partial charge in [0, 0.05) is 6.07 Å². The molecule has 3 nitrogen and oxygen atoms in total. The molecule has 0 aliphatic carbocycles. The molecule has 0 bridgehead atoms. The molecule has 13 heavy (non-hydrogen) atoms. The van der Waals surface area contributed by atoms with Crippen molar-refractivity contribution < 1.29 is 4.92 Å². The Morgan fingerprint density at radius 1 is 1.54 bits per heavy atom. The van der Waals surface area contributed by atoms with Crippen LogP contribution in [-0.2, 0) is 0 Å². The molecule has 0 aromatic heterocycles. The molecule has 0 radical (unpaired) electrons. The third-order valence-corrected chi connectivity index (χ3v) is 2.73. The van der Waals surface area contributed by atoms with Gasteiger partial charge in [0.05, 0.1) is 8.49 Å². The van der Waals surface area contributed by atoms with E-state index in [1.807, 2.05) is 47.7 Å². The summed E-state index contributed by atoms with van der Waals surface area (Å²) in [6.07, 6.45) is 3.72. The van der Waals surface area contributed by atoms with E-state index in [0.29, 0.717) is 3.57 Å². The Bertz CT molecular complexity index is 361. The summed E-state index contributed by atoms with van der Waals surface area (Å²) in [4.78, 5) is 10.2. The van der Waals surface area contributed by atoms with Gasteiger partial charge in [-0.3, -0.25) is 10.1 Å². The van der Waals surface area contributed by atoms with Gasteiger partial charge in [-0.2, -0.15) is 0 Å². The van der Waals surface area contributed by atoms with Gasteiger partial charge in [-0.05, 0) is 35.1 Å². The standard InChI is InChI=1S/C9H8INO2/c1-2-4-7-5-3-6-8(9(7)10)11(12)13/h2-6H,1H3/b4-2+. The van der Waals surface area contributed by atoms with Crippen LogP contribution in [0.2, 0.25) is 0 Å². The Morgan fingerprint density at radius 3 is 2.77 bits per heavy atom. The van der Waals surface area contributed by atoms with Crippen LogP contribution in [-0.4, -0.2) is 4.92 Å². The number of rotatable bonds is 2. The Morgan fingerprint density at radius 2 is 2.23 bits per heavy atom. The molecule has 68 valence electrons. The third-order valence-electron chi connectivity index (χ3n) is 1.55. The first-order chi connectivity index (χ1) is 6.16. The van der Waals surface area contributed by atoms with E-state index in [9.17, 15) is 10.1 Å². The molecule has 4 heteroatoms. The fourth-order valence-corrected chi connectivity index (χ4v) is 1.72. The molecule has 0 atom stereocenters. The van der Waals surface area contributed by atoms with E-state index in [-0.39, 0.29) is 10.6 Å². The summed E-state index contributed by atoms with van der Waals surface area (Å²) in [6.45, 7) is 1.88. The molecule has 0 heterocycles. The Hall–Kier alpha value is -0.910. The van der Waals surface area contributed by atoms with Gasteiger partial charge in [-0.25, -0.2) is 0 Å². The highest BCUT2D eigenvalue weighted by Gasteiger charge is 2.12. The zero-order valence-electron chi connectivity index (χ0n) is 7.03. The number of benzene rings is 1. The van der Waals surface area contributed by atoms with Gasteiger partial charge in [-0.15, -0.1) is 0 Å². The molecule has 0 fully saturated rings. The first kappa shape index (κ1) is 10.2. The SMILES string of the molecule is C/C=C/c1cccc([N+](=O)[O-])c1I. The maximum Gasteiger partial charge on any atom is 0.283 e. The number of allylic oxidation sites excluding steroid dienone is 1. The average molecular weight is 289 g/mol. The first-order valence-corrected chi connectivity index (χ1v) is 4.80. The lowest BCUT2D eigenvalue weighted by molar-refractivity contribution is -0.385. The van der Waals surface area contributed by atoms with E-state index in [2.05, 4.69) is 0 Å². The van der Waals surface area contributed by atoms with E-state index in [4.69, 9.17) is 0 Å². The molecule has 0 N–H and O–H groups in total. The third kappa shape index (κ3) is 2.27. The van der Waals surface area contributed by atoms with Crippen molar-refractivity contribution in [3.05, 3.63) is 43.5 Å². The van der Waals surface area contributed by atoms with Crippen LogP contribution < -0.4 is 0 Å². The highest BCUT2D eigenvalue weighted by molar-refractivity contribution is 14.1. The molecule has 1 aromatic carbocycles. The summed E-state index contributed by atoms with van der Waals surface area (Å²) in [5.74, 6) is 0. The minimum atomic E-state index is -0.366. The van der Waals surface area contributed by atoms with Crippen molar-refractivity contribution in [2.45, 2.75) is 6.92 Å². The predicted molar refractivity (Wildman–Crippen MR) is 60.5 cm³/mol. The topological polar surface area (TPSA) is 43.1 Å². The normalized spacial score (nSPS) is 10.6. The molecular weight excluding hydrogens is 281 g/mol. The lowest BCUT2D eigenvalue weighted by atomic mass is 10.2. The number of halogens is 1. The second-order valence-corrected chi connectivity index (χ2v) is 3.52. The van der Waals surface area contributed by atoms with E-state index in [1.54, 1.807) is 6.07 Å². The van der Waals surface area contributed by atoms with Gasteiger partial charge in [0.2, 0.25) is 0 Å². The Labute approximate surface area is 89.8 Å². The van der Waals surface area contributed by atoms with Gasteiger partial charge in [0.1, 0.15) is 0 Å². The lowest BCUT2D eigenvalue weighted by Gasteiger charge is -1.98. The van der Waals surface area contributed by atoms with E-state index >= 15 is 0 Å². The van der Waals surface area contributed by atoms with Crippen LogP contribution in [0.25, 0.3) is 6.08 Å². The number of hydrogen-bond acceptors (Lipinski definition) is 2. The maximum absolute atomic E-state index is 10.6.